The molecule has 9 heteroatoms. The highest BCUT2D eigenvalue weighted by molar-refractivity contribution is 6.32. The fraction of sp³-hybridized carbons (Fsp3) is 0.0625. The van der Waals surface area contributed by atoms with Crippen LogP contribution in [0.4, 0.5) is 24.5 Å². The third kappa shape index (κ3) is 4.80. The normalized spacial score (nSPS) is 11.9. The molecule has 0 saturated carbocycles. The minimum absolute atomic E-state index is 0.0539. The fourth-order valence-corrected chi connectivity index (χ4v) is 2.15. The van der Waals surface area contributed by atoms with Gasteiger partial charge in [-0.3, -0.25) is 15.5 Å². The molecular weight excluding hydrogens is 359 g/mol. The van der Waals surface area contributed by atoms with Crippen LogP contribution in [-0.2, 0) is 0 Å². The van der Waals surface area contributed by atoms with Crippen LogP contribution in [0.25, 0.3) is 5.70 Å². The number of benzene rings is 2. The number of halogens is 4. The van der Waals surface area contributed by atoms with Gasteiger partial charge in [-0.25, -0.2) is 0 Å². The zero-order valence-electron chi connectivity index (χ0n) is 12.5. The molecule has 2 rings (SSSR count). The molecule has 0 radical (unpaired) electrons. The largest absolute Gasteiger partial charge is 0.432 e. The van der Waals surface area contributed by atoms with Crippen LogP contribution in [0, 0.1) is 15.5 Å². The van der Waals surface area contributed by atoms with Crippen molar-refractivity contribution in [1.82, 2.24) is 0 Å². The van der Waals surface area contributed by atoms with Crippen LogP contribution in [0.1, 0.15) is 5.56 Å². The predicted molar refractivity (Wildman–Crippen MR) is 89.9 cm³/mol. The number of allylic oxidation sites excluding steroid dienone is 1. The Morgan fingerprint density at radius 3 is 2.28 bits per heavy atom. The Labute approximate surface area is 145 Å². The van der Waals surface area contributed by atoms with Crippen molar-refractivity contribution in [3.05, 3.63) is 75.3 Å². The highest BCUT2D eigenvalue weighted by Gasteiger charge is 2.33. The van der Waals surface area contributed by atoms with E-state index in [9.17, 15) is 23.3 Å². The molecule has 2 N–H and O–H groups in total. The smallest absolute Gasteiger partial charge is 0.355 e. The highest BCUT2D eigenvalue weighted by Crippen LogP contribution is 2.28. The Kier molecular flexibility index (Phi) is 5.43. The van der Waals surface area contributed by atoms with Crippen molar-refractivity contribution in [2.24, 2.45) is 0 Å². The van der Waals surface area contributed by atoms with Gasteiger partial charge in [-0.1, -0.05) is 29.8 Å². The molecule has 0 aromatic heterocycles. The molecule has 0 bridgehead atoms. The summed E-state index contributed by atoms with van der Waals surface area (Å²) >= 11 is 6.03. The Morgan fingerprint density at radius 2 is 1.76 bits per heavy atom. The van der Waals surface area contributed by atoms with E-state index in [0.717, 1.165) is 0 Å². The number of rotatable bonds is 5. The van der Waals surface area contributed by atoms with Crippen molar-refractivity contribution >= 4 is 34.4 Å². The summed E-state index contributed by atoms with van der Waals surface area (Å²) in [5.41, 5.74) is -1.20. The second kappa shape index (κ2) is 7.35. The average Bonchev–Trinajstić information content (AvgIpc) is 2.54. The lowest BCUT2D eigenvalue weighted by Gasteiger charge is -2.14. The molecule has 0 saturated heterocycles. The molecule has 0 aliphatic rings. The van der Waals surface area contributed by atoms with E-state index < -0.39 is 16.8 Å². The van der Waals surface area contributed by atoms with Gasteiger partial charge in [0.1, 0.15) is 5.71 Å². The summed E-state index contributed by atoms with van der Waals surface area (Å²) in [6.45, 7) is 0. The molecule has 0 unspecified atom stereocenters. The van der Waals surface area contributed by atoms with E-state index in [4.69, 9.17) is 17.0 Å². The molecule has 25 heavy (non-hydrogen) atoms. The maximum absolute atomic E-state index is 12.7. The number of hydrogen-bond acceptors (Lipinski definition) is 4. The maximum Gasteiger partial charge on any atom is 0.432 e. The number of nitro benzene ring substituents is 1. The quantitative estimate of drug-likeness (QED) is 0.427. The van der Waals surface area contributed by atoms with E-state index >= 15 is 0 Å². The molecule has 0 amide bonds. The molecule has 5 nitrogen and oxygen atoms in total. The van der Waals surface area contributed by atoms with Gasteiger partial charge in [0.15, 0.2) is 0 Å². The first-order chi connectivity index (χ1) is 11.7. The molecule has 0 spiro atoms. The molecule has 0 fully saturated rings. The number of non-ortho nitro benzene ring substituents is 1. The van der Waals surface area contributed by atoms with Crippen molar-refractivity contribution in [1.29, 1.82) is 5.41 Å². The van der Waals surface area contributed by atoms with Crippen LogP contribution in [0.3, 0.4) is 0 Å². The van der Waals surface area contributed by atoms with Crippen LogP contribution in [0.15, 0.2) is 54.6 Å². The SMILES string of the molecule is N=C(/C=C(\Nc1ccc([N+](=O)[O-])cc1)c1ccccc1Cl)C(F)(F)F. The Hall–Kier alpha value is -2.87. The zero-order chi connectivity index (χ0) is 18.6. The molecule has 0 atom stereocenters. The van der Waals surface area contributed by atoms with Crippen molar-refractivity contribution in [2.45, 2.75) is 6.18 Å². The molecule has 2 aromatic carbocycles. The maximum atomic E-state index is 12.7. The number of anilines is 1. The first kappa shape index (κ1) is 18.5. The van der Waals surface area contributed by atoms with E-state index in [1.54, 1.807) is 12.1 Å². The van der Waals surface area contributed by atoms with Crippen molar-refractivity contribution in [3.63, 3.8) is 0 Å². The van der Waals surface area contributed by atoms with E-state index in [-0.39, 0.29) is 22.0 Å². The van der Waals surface area contributed by atoms with Crippen LogP contribution < -0.4 is 5.32 Å². The predicted octanol–water partition coefficient (Wildman–Crippen LogP) is 5.28. The van der Waals surface area contributed by atoms with Crippen molar-refractivity contribution < 1.29 is 18.1 Å². The summed E-state index contributed by atoms with van der Waals surface area (Å²) < 4.78 is 38.1. The van der Waals surface area contributed by atoms with Gasteiger partial charge < -0.3 is 5.32 Å². The van der Waals surface area contributed by atoms with Crippen LogP contribution in [0.2, 0.25) is 5.02 Å². The number of hydrogen-bond donors (Lipinski definition) is 2. The Bertz CT molecular complexity index is 833. The van der Waals surface area contributed by atoms with E-state index in [1.165, 1.54) is 36.4 Å². The standard InChI is InChI=1S/C16H11ClF3N3O2/c17-13-4-2-1-3-12(13)14(9-15(21)16(18,19)20)22-10-5-7-11(8-6-10)23(24)25/h1-9,21-22H/b14-9-,21-15?. The van der Waals surface area contributed by atoms with Gasteiger partial charge in [-0.15, -0.1) is 0 Å². The van der Waals surface area contributed by atoms with E-state index in [0.29, 0.717) is 11.8 Å². The highest BCUT2D eigenvalue weighted by atomic mass is 35.5. The second-order valence-corrected chi connectivity index (χ2v) is 5.29. The first-order valence-electron chi connectivity index (χ1n) is 6.82. The second-order valence-electron chi connectivity index (χ2n) is 4.88. The van der Waals surface area contributed by atoms with Gasteiger partial charge in [-0.05, 0) is 24.3 Å². The molecule has 0 aliphatic heterocycles. The lowest BCUT2D eigenvalue weighted by atomic mass is 10.1. The average molecular weight is 370 g/mol. The summed E-state index contributed by atoms with van der Waals surface area (Å²) in [7, 11) is 0. The van der Waals surface area contributed by atoms with Gasteiger partial charge in [0, 0.05) is 34.1 Å². The lowest BCUT2D eigenvalue weighted by Crippen LogP contribution is -2.20. The minimum atomic E-state index is -4.82. The van der Waals surface area contributed by atoms with Crippen LogP contribution in [0.5, 0.6) is 0 Å². The molecule has 130 valence electrons. The van der Waals surface area contributed by atoms with Crippen molar-refractivity contribution in [2.75, 3.05) is 5.32 Å². The summed E-state index contributed by atoms with van der Waals surface area (Å²) in [5.74, 6) is 0. The summed E-state index contributed by atoms with van der Waals surface area (Å²) in [6, 6.07) is 11.3. The first-order valence-corrected chi connectivity index (χ1v) is 7.20. The topological polar surface area (TPSA) is 79.0 Å². The van der Waals surface area contributed by atoms with Gasteiger partial charge in [-0.2, -0.15) is 13.2 Å². The van der Waals surface area contributed by atoms with Gasteiger partial charge in [0.25, 0.3) is 5.69 Å². The van der Waals surface area contributed by atoms with Gasteiger partial charge in [0.2, 0.25) is 0 Å². The molecule has 0 aliphatic carbocycles. The number of nitro groups is 1. The van der Waals surface area contributed by atoms with E-state index in [1.807, 2.05) is 0 Å². The number of nitrogens with one attached hydrogen (secondary N) is 2. The number of nitrogens with zero attached hydrogens (tertiary/aromatic N) is 1. The summed E-state index contributed by atoms with van der Waals surface area (Å²) in [6.07, 6.45) is -4.20. The van der Waals surface area contributed by atoms with Gasteiger partial charge in [0.05, 0.1) is 4.92 Å². The van der Waals surface area contributed by atoms with Gasteiger partial charge >= 0.3 is 6.18 Å². The summed E-state index contributed by atoms with van der Waals surface area (Å²) in [4.78, 5) is 10.1. The third-order valence-corrected chi connectivity index (χ3v) is 3.44. The molecular formula is C16H11ClF3N3O2. The Balaban J connectivity index is 2.42. The lowest BCUT2D eigenvalue weighted by molar-refractivity contribution is -0.384. The van der Waals surface area contributed by atoms with E-state index in [2.05, 4.69) is 5.32 Å². The zero-order valence-corrected chi connectivity index (χ0v) is 13.2. The number of alkyl halides is 3. The minimum Gasteiger partial charge on any atom is -0.355 e. The summed E-state index contributed by atoms with van der Waals surface area (Å²) in [5, 5.41) is 20.7. The monoisotopic (exact) mass is 369 g/mol. The fourth-order valence-electron chi connectivity index (χ4n) is 1.91. The van der Waals surface area contributed by atoms with Crippen molar-refractivity contribution in [3.8, 4) is 0 Å². The Morgan fingerprint density at radius 1 is 1.16 bits per heavy atom. The molecule has 0 heterocycles. The van der Waals surface area contributed by atoms with Crippen LogP contribution >= 0.6 is 11.6 Å². The molecule has 2 aromatic rings. The third-order valence-electron chi connectivity index (χ3n) is 3.12. The van der Waals surface area contributed by atoms with Crippen LogP contribution in [-0.4, -0.2) is 16.8 Å².